The Morgan fingerprint density at radius 2 is 2.04 bits per heavy atom. The summed E-state index contributed by atoms with van der Waals surface area (Å²) >= 11 is 0. The van der Waals surface area contributed by atoms with Crippen molar-refractivity contribution in [3.05, 3.63) is 35.4 Å². The zero-order valence-electron chi connectivity index (χ0n) is 15.6. The molecular formula is C19H30ClN3O3. The maximum absolute atomic E-state index is 12.8. The summed E-state index contributed by atoms with van der Waals surface area (Å²) in [4.78, 5) is 25.8. The molecular weight excluding hydrogens is 354 g/mol. The second-order valence-corrected chi connectivity index (χ2v) is 6.59. The van der Waals surface area contributed by atoms with E-state index in [0.717, 1.165) is 24.9 Å². The Bertz CT molecular complexity index is 574. The maximum Gasteiger partial charge on any atom is 0.237 e. The fourth-order valence-electron chi connectivity index (χ4n) is 3.12. The molecule has 1 fully saturated rings. The second-order valence-electron chi connectivity index (χ2n) is 6.59. The number of nitrogens with zero attached hydrogens (tertiary/aromatic N) is 1. The van der Waals surface area contributed by atoms with E-state index in [0.29, 0.717) is 19.6 Å². The number of primary amides is 1. The van der Waals surface area contributed by atoms with Crippen LogP contribution in [0.3, 0.4) is 0 Å². The van der Waals surface area contributed by atoms with Crippen LogP contribution in [-0.2, 0) is 20.7 Å². The lowest BCUT2D eigenvalue weighted by Crippen LogP contribution is -2.47. The molecule has 1 aromatic carbocycles. The molecule has 0 saturated carbocycles. The number of hydrogen-bond donors (Lipinski definition) is 2. The average molecular weight is 384 g/mol. The van der Waals surface area contributed by atoms with Crippen LogP contribution >= 0.6 is 12.4 Å². The lowest BCUT2D eigenvalue weighted by atomic mass is 10.0. The summed E-state index contributed by atoms with van der Waals surface area (Å²) < 4.78 is 5.40. The largest absolute Gasteiger partial charge is 0.378 e. The standard InChI is InChI=1S/C19H29N3O3.ClH/c1-3-4-15-5-7-16(8-6-15)14(2)22(12-18(20)23)19(24)11-17-13-25-10-9-21-17;/h5-8,14,17,21H,3-4,9-13H2,1-2H3,(H2,20,23);1H. The molecule has 1 aromatic rings. The molecule has 2 amide bonds. The van der Waals surface area contributed by atoms with Gasteiger partial charge in [0.25, 0.3) is 0 Å². The number of aryl methyl sites for hydroxylation is 1. The van der Waals surface area contributed by atoms with Crippen molar-refractivity contribution in [3.8, 4) is 0 Å². The van der Waals surface area contributed by atoms with Crippen molar-refractivity contribution < 1.29 is 14.3 Å². The van der Waals surface area contributed by atoms with Gasteiger partial charge in [0.15, 0.2) is 0 Å². The molecule has 2 atom stereocenters. The summed E-state index contributed by atoms with van der Waals surface area (Å²) in [6.45, 7) is 5.91. The van der Waals surface area contributed by atoms with E-state index >= 15 is 0 Å². The molecule has 26 heavy (non-hydrogen) atoms. The number of carbonyl (C=O) groups excluding carboxylic acids is 2. The number of hydrogen-bond acceptors (Lipinski definition) is 4. The van der Waals surface area contributed by atoms with E-state index in [-0.39, 0.29) is 36.9 Å². The minimum Gasteiger partial charge on any atom is -0.378 e. The van der Waals surface area contributed by atoms with Crippen molar-refractivity contribution in [2.75, 3.05) is 26.3 Å². The number of carbonyl (C=O) groups is 2. The third kappa shape index (κ3) is 6.59. The Morgan fingerprint density at radius 3 is 2.58 bits per heavy atom. The number of nitrogens with two attached hydrogens (primary N) is 1. The number of morpholine rings is 1. The van der Waals surface area contributed by atoms with Crippen molar-refractivity contribution in [1.29, 1.82) is 0 Å². The average Bonchev–Trinajstić information content (AvgIpc) is 2.60. The quantitative estimate of drug-likeness (QED) is 0.717. The Hall–Kier alpha value is -1.63. The van der Waals surface area contributed by atoms with Gasteiger partial charge in [0.1, 0.15) is 0 Å². The first-order valence-corrected chi connectivity index (χ1v) is 8.99. The molecule has 1 saturated heterocycles. The molecule has 1 heterocycles. The van der Waals surface area contributed by atoms with Crippen molar-refractivity contribution >= 4 is 24.2 Å². The van der Waals surface area contributed by atoms with Crippen LogP contribution < -0.4 is 11.1 Å². The summed E-state index contributed by atoms with van der Waals surface area (Å²) in [5.41, 5.74) is 7.65. The molecule has 0 radical (unpaired) electrons. The highest BCUT2D eigenvalue weighted by Gasteiger charge is 2.26. The first kappa shape index (κ1) is 22.4. The molecule has 2 unspecified atom stereocenters. The third-order valence-corrected chi connectivity index (χ3v) is 4.53. The lowest BCUT2D eigenvalue weighted by molar-refractivity contribution is -0.138. The minimum absolute atomic E-state index is 0. The Labute approximate surface area is 161 Å². The third-order valence-electron chi connectivity index (χ3n) is 4.53. The topological polar surface area (TPSA) is 84.7 Å². The molecule has 1 aliphatic rings. The number of nitrogens with one attached hydrogen (secondary N) is 1. The molecule has 7 heteroatoms. The van der Waals surface area contributed by atoms with Crippen molar-refractivity contribution in [2.45, 2.75) is 45.2 Å². The van der Waals surface area contributed by atoms with Gasteiger partial charge in [-0.2, -0.15) is 0 Å². The molecule has 146 valence electrons. The van der Waals surface area contributed by atoms with Gasteiger partial charge in [-0.1, -0.05) is 37.6 Å². The SMILES string of the molecule is CCCc1ccc(C(C)N(CC(N)=O)C(=O)CC2COCCN2)cc1.Cl. The number of rotatable bonds is 8. The monoisotopic (exact) mass is 383 g/mol. The van der Waals surface area contributed by atoms with Gasteiger partial charge < -0.3 is 20.7 Å². The van der Waals surface area contributed by atoms with E-state index in [1.165, 1.54) is 5.56 Å². The number of benzene rings is 1. The van der Waals surface area contributed by atoms with Crippen molar-refractivity contribution in [3.63, 3.8) is 0 Å². The van der Waals surface area contributed by atoms with Crippen LogP contribution in [0.2, 0.25) is 0 Å². The zero-order valence-corrected chi connectivity index (χ0v) is 16.4. The number of ether oxygens (including phenoxy) is 1. The zero-order chi connectivity index (χ0) is 18.2. The molecule has 6 nitrogen and oxygen atoms in total. The van der Waals surface area contributed by atoms with E-state index in [1.807, 2.05) is 19.1 Å². The molecule has 3 N–H and O–H groups in total. The van der Waals surface area contributed by atoms with Crippen LogP contribution in [0.4, 0.5) is 0 Å². The van der Waals surface area contributed by atoms with Gasteiger partial charge in [-0.05, 0) is 24.5 Å². The van der Waals surface area contributed by atoms with Gasteiger partial charge in [-0.15, -0.1) is 12.4 Å². The summed E-state index contributed by atoms with van der Waals surface area (Å²) in [5, 5.41) is 3.27. The van der Waals surface area contributed by atoms with E-state index in [1.54, 1.807) is 4.90 Å². The molecule has 0 bridgehead atoms. The van der Waals surface area contributed by atoms with E-state index in [2.05, 4.69) is 24.4 Å². The molecule has 2 rings (SSSR count). The van der Waals surface area contributed by atoms with E-state index < -0.39 is 5.91 Å². The molecule has 0 spiro atoms. The fourth-order valence-corrected chi connectivity index (χ4v) is 3.12. The Morgan fingerprint density at radius 1 is 1.35 bits per heavy atom. The second kappa shape index (κ2) is 11.2. The van der Waals surface area contributed by atoms with Crippen LogP contribution in [0, 0.1) is 0 Å². The highest BCUT2D eigenvalue weighted by atomic mass is 35.5. The fraction of sp³-hybridized carbons (Fsp3) is 0.579. The Kier molecular flexibility index (Phi) is 9.62. The van der Waals surface area contributed by atoms with Gasteiger partial charge in [0, 0.05) is 19.0 Å². The van der Waals surface area contributed by atoms with Crippen LogP contribution in [0.1, 0.15) is 43.9 Å². The van der Waals surface area contributed by atoms with E-state index in [9.17, 15) is 9.59 Å². The molecule has 0 aliphatic carbocycles. The number of amides is 2. The van der Waals surface area contributed by atoms with Gasteiger partial charge >= 0.3 is 0 Å². The van der Waals surface area contributed by atoms with Crippen LogP contribution in [0.5, 0.6) is 0 Å². The maximum atomic E-state index is 12.8. The summed E-state index contributed by atoms with van der Waals surface area (Å²) in [6.07, 6.45) is 2.43. The normalized spacial score (nSPS) is 17.8. The summed E-state index contributed by atoms with van der Waals surface area (Å²) in [5.74, 6) is -0.595. The van der Waals surface area contributed by atoms with Crippen molar-refractivity contribution in [2.24, 2.45) is 5.73 Å². The van der Waals surface area contributed by atoms with Gasteiger partial charge in [-0.25, -0.2) is 0 Å². The molecule has 0 aromatic heterocycles. The van der Waals surface area contributed by atoms with Crippen LogP contribution in [-0.4, -0.2) is 49.1 Å². The van der Waals surface area contributed by atoms with E-state index in [4.69, 9.17) is 10.5 Å². The van der Waals surface area contributed by atoms with Crippen LogP contribution in [0.25, 0.3) is 0 Å². The first-order chi connectivity index (χ1) is 12.0. The smallest absolute Gasteiger partial charge is 0.237 e. The van der Waals surface area contributed by atoms with Crippen molar-refractivity contribution in [1.82, 2.24) is 10.2 Å². The van der Waals surface area contributed by atoms with Gasteiger partial charge in [0.05, 0.1) is 25.8 Å². The minimum atomic E-state index is -0.504. The highest BCUT2D eigenvalue weighted by Crippen LogP contribution is 2.22. The number of halogens is 1. The highest BCUT2D eigenvalue weighted by molar-refractivity contribution is 5.85. The lowest BCUT2D eigenvalue weighted by Gasteiger charge is -2.31. The van der Waals surface area contributed by atoms with Crippen LogP contribution in [0.15, 0.2) is 24.3 Å². The molecule has 1 aliphatic heterocycles. The predicted molar refractivity (Wildman–Crippen MR) is 104 cm³/mol. The van der Waals surface area contributed by atoms with Gasteiger partial charge in [0.2, 0.25) is 11.8 Å². The summed E-state index contributed by atoms with van der Waals surface area (Å²) in [7, 11) is 0. The summed E-state index contributed by atoms with van der Waals surface area (Å²) in [6, 6.07) is 7.99. The van der Waals surface area contributed by atoms with Gasteiger partial charge in [-0.3, -0.25) is 9.59 Å². The Balaban J connectivity index is 0.00000338. The first-order valence-electron chi connectivity index (χ1n) is 8.99. The predicted octanol–water partition coefficient (Wildman–Crippen LogP) is 1.81.